The second-order valence-electron chi connectivity index (χ2n) is 4.85. The summed E-state index contributed by atoms with van der Waals surface area (Å²) in [5.41, 5.74) is 0.660. The number of carbonyl (C=O) groups excluding carboxylic acids is 1. The van der Waals surface area contributed by atoms with Crippen molar-refractivity contribution in [1.29, 1.82) is 0 Å². The molecule has 3 rings (SSSR count). The fourth-order valence-electron chi connectivity index (χ4n) is 1.98. The van der Waals surface area contributed by atoms with Gasteiger partial charge in [-0.25, -0.2) is 14.8 Å². The molecule has 0 atom stereocenters. The molecule has 1 aliphatic carbocycles. The standard InChI is InChI=1S/C13H13N3O3S2/c1-6-9-11(20-4-8(17)16-7-2-3-7)14-5-15-12(9)21-10(6)13(18)19/h5,7H,2-4H2,1H3,(H,16,17)(H,18,19). The number of hydrogen-bond acceptors (Lipinski definition) is 6. The third-order valence-electron chi connectivity index (χ3n) is 3.17. The molecule has 21 heavy (non-hydrogen) atoms. The lowest BCUT2D eigenvalue weighted by molar-refractivity contribution is -0.118. The molecule has 110 valence electrons. The number of thiophene rings is 1. The maximum absolute atomic E-state index is 11.7. The minimum absolute atomic E-state index is 0.0133. The predicted molar refractivity (Wildman–Crippen MR) is 81.0 cm³/mol. The minimum atomic E-state index is -0.960. The number of nitrogens with one attached hydrogen (secondary N) is 1. The Morgan fingerprint density at radius 1 is 1.48 bits per heavy atom. The third kappa shape index (κ3) is 3.01. The van der Waals surface area contributed by atoms with Crippen LogP contribution in [0.5, 0.6) is 0 Å². The van der Waals surface area contributed by atoms with Gasteiger partial charge in [-0.2, -0.15) is 0 Å². The van der Waals surface area contributed by atoms with Gasteiger partial charge in [-0.15, -0.1) is 11.3 Å². The molecule has 2 aromatic rings. The van der Waals surface area contributed by atoms with E-state index in [1.54, 1.807) is 6.92 Å². The number of amides is 1. The summed E-state index contributed by atoms with van der Waals surface area (Å²) in [7, 11) is 0. The first-order valence-corrected chi connectivity index (χ1v) is 8.26. The van der Waals surface area contributed by atoms with Crippen LogP contribution < -0.4 is 5.32 Å². The molecule has 6 nitrogen and oxygen atoms in total. The van der Waals surface area contributed by atoms with E-state index in [1.807, 2.05) is 0 Å². The Balaban J connectivity index is 1.84. The first kappa shape index (κ1) is 14.3. The SMILES string of the molecule is Cc1c(C(=O)O)sc2ncnc(SCC(=O)NC3CC3)c12. The number of carbonyl (C=O) groups is 2. The van der Waals surface area contributed by atoms with Crippen molar-refractivity contribution < 1.29 is 14.7 Å². The number of carboxylic acid groups (broad SMARTS) is 1. The largest absolute Gasteiger partial charge is 0.477 e. The van der Waals surface area contributed by atoms with Crippen LogP contribution in [0.15, 0.2) is 11.4 Å². The van der Waals surface area contributed by atoms with E-state index >= 15 is 0 Å². The maximum atomic E-state index is 11.7. The Morgan fingerprint density at radius 3 is 2.90 bits per heavy atom. The predicted octanol–water partition coefficient (Wildman–Crippen LogP) is 2.07. The topological polar surface area (TPSA) is 92.2 Å². The Labute approximate surface area is 129 Å². The summed E-state index contributed by atoms with van der Waals surface area (Å²) in [6.07, 6.45) is 3.52. The van der Waals surface area contributed by atoms with Crippen molar-refractivity contribution in [2.24, 2.45) is 0 Å². The average molecular weight is 323 g/mol. The molecule has 1 saturated carbocycles. The van der Waals surface area contributed by atoms with Gasteiger partial charge in [-0.3, -0.25) is 4.79 Å². The lowest BCUT2D eigenvalue weighted by atomic mass is 10.2. The zero-order chi connectivity index (χ0) is 15.0. The van der Waals surface area contributed by atoms with Gasteiger partial charge >= 0.3 is 5.97 Å². The molecule has 0 aliphatic heterocycles. The lowest BCUT2D eigenvalue weighted by Gasteiger charge is -2.04. The number of carboxylic acids is 1. The Kier molecular flexibility index (Phi) is 3.81. The smallest absolute Gasteiger partial charge is 0.346 e. The van der Waals surface area contributed by atoms with E-state index in [9.17, 15) is 14.7 Å². The van der Waals surface area contributed by atoms with Crippen molar-refractivity contribution in [3.63, 3.8) is 0 Å². The van der Waals surface area contributed by atoms with E-state index in [1.165, 1.54) is 18.1 Å². The second-order valence-corrected chi connectivity index (χ2v) is 6.81. The van der Waals surface area contributed by atoms with Gasteiger partial charge in [0, 0.05) is 11.4 Å². The van der Waals surface area contributed by atoms with Crippen LogP contribution in [-0.2, 0) is 4.79 Å². The molecular formula is C13H13N3O3S2. The van der Waals surface area contributed by atoms with E-state index in [0.29, 0.717) is 21.5 Å². The monoisotopic (exact) mass is 323 g/mol. The van der Waals surface area contributed by atoms with Crippen LogP contribution in [0.25, 0.3) is 10.2 Å². The van der Waals surface area contributed by atoms with Gasteiger partial charge in [0.05, 0.1) is 5.75 Å². The van der Waals surface area contributed by atoms with E-state index in [4.69, 9.17) is 0 Å². The molecule has 0 bridgehead atoms. The molecule has 0 spiro atoms. The molecule has 2 aromatic heterocycles. The highest BCUT2D eigenvalue weighted by molar-refractivity contribution is 8.00. The van der Waals surface area contributed by atoms with Gasteiger partial charge in [0.1, 0.15) is 21.1 Å². The fraction of sp³-hybridized carbons (Fsp3) is 0.385. The number of aryl methyl sites for hydroxylation is 1. The molecule has 0 radical (unpaired) electrons. The number of thioether (sulfide) groups is 1. The van der Waals surface area contributed by atoms with Crippen molar-refractivity contribution in [1.82, 2.24) is 15.3 Å². The zero-order valence-corrected chi connectivity index (χ0v) is 12.9. The molecule has 0 unspecified atom stereocenters. The van der Waals surface area contributed by atoms with Crippen LogP contribution in [0.2, 0.25) is 0 Å². The summed E-state index contributed by atoms with van der Waals surface area (Å²) in [6.45, 7) is 1.75. The van der Waals surface area contributed by atoms with Crippen molar-refractivity contribution in [2.75, 3.05) is 5.75 Å². The van der Waals surface area contributed by atoms with Crippen LogP contribution in [0.3, 0.4) is 0 Å². The maximum Gasteiger partial charge on any atom is 0.346 e. The Bertz CT molecular complexity index is 725. The summed E-state index contributed by atoms with van der Waals surface area (Å²) in [5.74, 6) is -0.696. The van der Waals surface area contributed by atoms with Crippen molar-refractivity contribution in [2.45, 2.75) is 30.8 Å². The van der Waals surface area contributed by atoms with E-state index in [2.05, 4.69) is 15.3 Å². The lowest BCUT2D eigenvalue weighted by Crippen LogP contribution is -2.27. The third-order valence-corrected chi connectivity index (χ3v) is 5.35. The average Bonchev–Trinajstić information content (AvgIpc) is 3.18. The molecular weight excluding hydrogens is 310 g/mol. The van der Waals surface area contributed by atoms with Crippen LogP contribution in [0, 0.1) is 6.92 Å². The van der Waals surface area contributed by atoms with Gasteiger partial charge in [-0.1, -0.05) is 11.8 Å². The second kappa shape index (κ2) is 5.61. The van der Waals surface area contributed by atoms with Gasteiger partial charge in [-0.05, 0) is 25.3 Å². The normalized spacial score (nSPS) is 14.3. The first-order valence-electron chi connectivity index (χ1n) is 6.46. The minimum Gasteiger partial charge on any atom is -0.477 e. The van der Waals surface area contributed by atoms with Crippen molar-refractivity contribution in [3.05, 3.63) is 16.8 Å². The van der Waals surface area contributed by atoms with Gasteiger partial charge in [0.15, 0.2) is 0 Å². The first-order chi connectivity index (χ1) is 10.1. The quantitative estimate of drug-likeness (QED) is 0.646. The molecule has 0 saturated heterocycles. The van der Waals surface area contributed by atoms with Crippen LogP contribution in [0.1, 0.15) is 28.1 Å². The van der Waals surface area contributed by atoms with Gasteiger partial charge in [0.2, 0.25) is 5.91 Å². The number of aromatic carboxylic acids is 1. The van der Waals surface area contributed by atoms with Crippen molar-refractivity contribution in [3.8, 4) is 0 Å². The fourth-order valence-corrected chi connectivity index (χ4v) is 3.90. The van der Waals surface area contributed by atoms with E-state index < -0.39 is 5.97 Å². The summed E-state index contributed by atoms with van der Waals surface area (Å²) in [6, 6.07) is 0.338. The molecule has 2 heterocycles. The number of rotatable bonds is 5. The molecule has 1 amide bonds. The number of aromatic nitrogens is 2. The van der Waals surface area contributed by atoms with E-state index in [-0.39, 0.29) is 16.5 Å². The Hall–Kier alpha value is -1.67. The highest BCUT2D eigenvalue weighted by Crippen LogP contribution is 2.34. The highest BCUT2D eigenvalue weighted by Gasteiger charge is 2.24. The van der Waals surface area contributed by atoms with Crippen LogP contribution in [-0.4, -0.2) is 38.7 Å². The molecule has 8 heteroatoms. The molecule has 2 N–H and O–H groups in total. The molecule has 1 fully saturated rings. The Morgan fingerprint density at radius 2 is 2.24 bits per heavy atom. The van der Waals surface area contributed by atoms with E-state index in [0.717, 1.165) is 29.6 Å². The number of hydrogen-bond donors (Lipinski definition) is 2. The summed E-state index contributed by atoms with van der Waals surface area (Å²) in [4.78, 5) is 32.2. The molecule has 0 aromatic carbocycles. The van der Waals surface area contributed by atoms with Crippen molar-refractivity contribution >= 4 is 45.2 Å². The number of fused-ring (bicyclic) bond motifs is 1. The molecule has 1 aliphatic rings. The zero-order valence-electron chi connectivity index (χ0n) is 11.3. The van der Waals surface area contributed by atoms with Gasteiger partial charge in [0.25, 0.3) is 0 Å². The number of nitrogens with zero attached hydrogens (tertiary/aromatic N) is 2. The summed E-state index contributed by atoms with van der Waals surface area (Å²) in [5, 5.41) is 13.5. The highest BCUT2D eigenvalue weighted by atomic mass is 32.2. The van der Waals surface area contributed by atoms with Gasteiger partial charge < -0.3 is 10.4 Å². The summed E-state index contributed by atoms with van der Waals surface area (Å²) < 4.78 is 0. The summed E-state index contributed by atoms with van der Waals surface area (Å²) >= 11 is 2.45. The van der Waals surface area contributed by atoms with Crippen LogP contribution in [0.4, 0.5) is 0 Å². The van der Waals surface area contributed by atoms with Crippen LogP contribution >= 0.6 is 23.1 Å².